The van der Waals surface area contributed by atoms with Gasteiger partial charge in [-0.2, -0.15) is 4.98 Å². The summed E-state index contributed by atoms with van der Waals surface area (Å²) < 4.78 is 15.6. The van der Waals surface area contributed by atoms with E-state index in [1.54, 1.807) is 43.7 Å². The van der Waals surface area contributed by atoms with Gasteiger partial charge in [0.2, 0.25) is 5.16 Å². The van der Waals surface area contributed by atoms with Crippen LogP contribution >= 0.6 is 11.8 Å². The first kappa shape index (κ1) is 16.1. The number of nitrogens with zero attached hydrogens (tertiary/aromatic N) is 2. The summed E-state index contributed by atoms with van der Waals surface area (Å²) in [6, 6.07) is 8.62. The number of nitrogens with one attached hydrogen (secondary N) is 1. The number of aromatic amines is 1. The van der Waals surface area contributed by atoms with Crippen LogP contribution < -0.4 is 9.47 Å². The summed E-state index contributed by atoms with van der Waals surface area (Å²) in [4.78, 5) is 16.6. The Kier molecular flexibility index (Phi) is 4.85. The molecule has 0 spiro atoms. The predicted octanol–water partition coefficient (Wildman–Crippen LogP) is 3.06. The molecule has 0 fully saturated rings. The minimum Gasteiger partial charge on any atom is -0.493 e. The van der Waals surface area contributed by atoms with Gasteiger partial charge >= 0.3 is 0 Å². The third kappa shape index (κ3) is 3.43. The monoisotopic (exact) mass is 345 g/mol. The van der Waals surface area contributed by atoms with Gasteiger partial charge in [-0.1, -0.05) is 11.8 Å². The molecule has 0 unspecified atom stereocenters. The molecule has 0 saturated heterocycles. The van der Waals surface area contributed by atoms with Crippen molar-refractivity contribution in [3.05, 3.63) is 42.2 Å². The summed E-state index contributed by atoms with van der Waals surface area (Å²) in [5.74, 6) is 2.39. The average molecular weight is 345 g/mol. The first-order valence-corrected chi connectivity index (χ1v) is 8.04. The number of Topliss-reactive ketones (excluding diaryl/α,β-unsaturated/α-hetero) is 1. The van der Waals surface area contributed by atoms with Crippen molar-refractivity contribution in [1.82, 2.24) is 15.2 Å². The number of hydrogen-bond donors (Lipinski definition) is 1. The van der Waals surface area contributed by atoms with Crippen LogP contribution in [0.15, 0.2) is 46.2 Å². The van der Waals surface area contributed by atoms with Gasteiger partial charge in [-0.05, 0) is 30.3 Å². The van der Waals surface area contributed by atoms with Gasteiger partial charge in [-0.15, -0.1) is 5.10 Å². The number of methoxy groups -OCH3 is 2. The van der Waals surface area contributed by atoms with Crippen LogP contribution in [0.2, 0.25) is 0 Å². The van der Waals surface area contributed by atoms with E-state index in [-0.39, 0.29) is 11.5 Å². The molecule has 0 saturated carbocycles. The van der Waals surface area contributed by atoms with Gasteiger partial charge in [-0.3, -0.25) is 9.89 Å². The van der Waals surface area contributed by atoms with E-state index in [2.05, 4.69) is 15.2 Å². The second kappa shape index (κ2) is 7.22. The van der Waals surface area contributed by atoms with Gasteiger partial charge in [0.05, 0.1) is 26.2 Å². The molecular formula is C16H15N3O4S. The number of carbonyl (C=O) groups is 1. The Bertz CT molecular complexity index is 830. The van der Waals surface area contributed by atoms with E-state index in [0.717, 1.165) is 0 Å². The predicted molar refractivity (Wildman–Crippen MR) is 88.7 cm³/mol. The number of carbonyl (C=O) groups excluding carboxylic acids is 1. The fourth-order valence-electron chi connectivity index (χ4n) is 2.06. The lowest BCUT2D eigenvalue weighted by Gasteiger charge is -2.08. The zero-order valence-corrected chi connectivity index (χ0v) is 13.9. The van der Waals surface area contributed by atoms with Gasteiger partial charge in [-0.25, -0.2) is 0 Å². The van der Waals surface area contributed by atoms with Crippen molar-refractivity contribution in [2.24, 2.45) is 0 Å². The maximum Gasteiger partial charge on any atom is 0.209 e. The molecule has 24 heavy (non-hydrogen) atoms. The van der Waals surface area contributed by atoms with E-state index in [9.17, 15) is 4.79 Å². The summed E-state index contributed by atoms with van der Waals surface area (Å²) in [5, 5.41) is 7.33. The van der Waals surface area contributed by atoms with Gasteiger partial charge in [0.15, 0.2) is 28.9 Å². The second-order valence-electron chi connectivity index (χ2n) is 4.73. The van der Waals surface area contributed by atoms with E-state index in [4.69, 9.17) is 13.9 Å². The highest BCUT2D eigenvalue weighted by atomic mass is 32.2. The van der Waals surface area contributed by atoms with E-state index in [1.807, 2.05) is 0 Å². The molecular weight excluding hydrogens is 330 g/mol. The molecule has 0 aliphatic rings. The number of aromatic nitrogens is 3. The van der Waals surface area contributed by atoms with Crippen LogP contribution in [0.1, 0.15) is 10.4 Å². The molecule has 7 nitrogen and oxygen atoms in total. The van der Waals surface area contributed by atoms with Gasteiger partial charge in [0.25, 0.3) is 0 Å². The summed E-state index contributed by atoms with van der Waals surface area (Å²) in [5.41, 5.74) is 0.543. The molecule has 0 radical (unpaired) electrons. The number of ketones is 1. The normalized spacial score (nSPS) is 10.6. The fourth-order valence-corrected chi connectivity index (χ4v) is 2.75. The Morgan fingerprint density at radius 2 is 2.08 bits per heavy atom. The minimum absolute atomic E-state index is 0.0506. The lowest BCUT2D eigenvalue weighted by atomic mass is 10.1. The molecule has 1 aromatic carbocycles. The Morgan fingerprint density at radius 1 is 1.25 bits per heavy atom. The second-order valence-corrected chi connectivity index (χ2v) is 5.67. The number of thioether (sulfide) groups is 1. The summed E-state index contributed by atoms with van der Waals surface area (Å²) >= 11 is 1.25. The topological polar surface area (TPSA) is 90.2 Å². The van der Waals surface area contributed by atoms with Gasteiger partial charge < -0.3 is 13.9 Å². The van der Waals surface area contributed by atoms with Gasteiger partial charge in [0.1, 0.15) is 0 Å². The van der Waals surface area contributed by atoms with Crippen LogP contribution in [-0.2, 0) is 0 Å². The summed E-state index contributed by atoms with van der Waals surface area (Å²) in [6.07, 6.45) is 1.56. The Hall–Kier alpha value is -2.74. The molecule has 8 heteroatoms. The van der Waals surface area contributed by atoms with Crippen molar-refractivity contribution < 1.29 is 18.7 Å². The molecule has 0 atom stereocenters. The number of H-pyrrole nitrogens is 1. The molecule has 0 aliphatic carbocycles. The molecule has 0 bridgehead atoms. The molecule has 0 aliphatic heterocycles. The lowest BCUT2D eigenvalue weighted by Crippen LogP contribution is -2.03. The molecule has 3 rings (SSSR count). The molecule has 0 amide bonds. The van der Waals surface area contributed by atoms with E-state index >= 15 is 0 Å². The highest BCUT2D eigenvalue weighted by Gasteiger charge is 2.14. The fraction of sp³-hybridized carbons (Fsp3) is 0.188. The van der Waals surface area contributed by atoms with Crippen LogP contribution in [0.5, 0.6) is 11.5 Å². The highest BCUT2D eigenvalue weighted by molar-refractivity contribution is 7.99. The van der Waals surface area contributed by atoms with Crippen LogP contribution in [0, 0.1) is 0 Å². The molecule has 2 aromatic heterocycles. The Balaban J connectivity index is 1.65. The van der Waals surface area contributed by atoms with E-state index < -0.39 is 0 Å². The van der Waals surface area contributed by atoms with Crippen molar-refractivity contribution >= 4 is 17.5 Å². The largest absolute Gasteiger partial charge is 0.493 e. The quantitative estimate of drug-likeness (QED) is 0.520. The number of rotatable bonds is 7. The number of benzene rings is 1. The lowest BCUT2D eigenvalue weighted by molar-refractivity contribution is 0.102. The van der Waals surface area contributed by atoms with Crippen LogP contribution in [0.3, 0.4) is 0 Å². The van der Waals surface area contributed by atoms with E-state index in [0.29, 0.717) is 33.8 Å². The van der Waals surface area contributed by atoms with Gasteiger partial charge in [0, 0.05) is 5.56 Å². The van der Waals surface area contributed by atoms with E-state index in [1.165, 1.54) is 18.9 Å². The van der Waals surface area contributed by atoms with Crippen molar-refractivity contribution in [2.75, 3.05) is 20.0 Å². The maximum absolute atomic E-state index is 12.3. The number of furan rings is 1. The standard InChI is InChI=1S/C16H15N3O4S/c1-21-12-6-5-10(8-14(12)22-2)11(20)9-24-16-17-15(18-19-16)13-4-3-7-23-13/h3-8H,9H2,1-2H3,(H,17,18,19). The zero-order chi connectivity index (χ0) is 16.9. The van der Waals surface area contributed by atoms with Crippen LogP contribution in [-0.4, -0.2) is 40.9 Å². The number of ether oxygens (including phenoxy) is 2. The highest BCUT2D eigenvalue weighted by Crippen LogP contribution is 2.28. The SMILES string of the molecule is COc1ccc(C(=O)CSc2n[nH]c(-c3ccco3)n2)cc1OC. The van der Waals surface area contributed by atoms with Crippen molar-refractivity contribution in [3.63, 3.8) is 0 Å². The molecule has 124 valence electrons. The third-order valence-electron chi connectivity index (χ3n) is 3.26. The Labute approximate surface area is 142 Å². The minimum atomic E-state index is -0.0506. The smallest absolute Gasteiger partial charge is 0.209 e. The molecule has 2 heterocycles. The molecule has 1 N–H and O–H groups in total. The number of hydrogen-bond acceptors (Lipinski definition) is 7. The summed E-state index contributed by atoms with van der Waals surface area (Å²) in [7, 11) is 3.08. The van der Waals surface area contributed by atoms with Crippen LogP contribution in [0.25, 0.3) is 11.6 Å². The Morgan fingerprint density at radius 3 is 2.79 bits per heavy atom. The van der Waals surface area contributed by atoms with Crippen molar-refractivity contribution in [1.29, 1.82) is 0 Å². The first-order chi connectivity index (χ1) is 11.7. The maximum atomic E-state index is 12.3. The van der Waals surface area contributed by atoms with Crippen molar-refractivity contribution in [2.45, 2.75) is 5.16 Å². The average Bonchev–Trinajstić information content (AvgIpc) is 3.30. The first-order valence-electron chi connectivity index (χ1n) is 7.05. The van der Waals surface area contributed by atoms with Crippen molar-refractivity contribution in [3.8, 4) is 23.1 Å². The van der Waals surface area contributed by atoms with Crippen LogP contribution in [0.4, 0.5) is 0 Å². The molecule has 3 aromatic rings. The zero-order valence-electron chi connectivity index (χ0n) is 13.1. The third-order valence-corrected chi connectivity index (χ3v) is 4.10. The summed E-state index contributed by atoms with van der Waals surface area (Å²) in [6.45, 7) is 0.